The van der Waals surface area contributed by atoms with Crippen molar-refractivity contribution in [3.05, 3.63) is 0 Å². The summed E-state index contributed by atoms with van der Waals surface area (Å²) < 4.78 is 0. The van der Waals surface area contributed by atoms with Crippen LogP contribution >= 0.6 is 0 Å². The van der Waals surface area contributed by atoms with E-state index in [4.69, 9.17) is 15.6 Å². The van der Waals surface area contributed by atoms with Gasteiger partial charge in [0.1, 0.15) is 5.71 Å². The first-order chi connectivity index (χ1) is 4.54. The van der Waals surface area contributed by atoms with Crippen molar-refractivity contribution >= 4 is 17.7 Å². The maximum atomic E-state index is 9.89. The molecule has 0 aliphatic carbocycles. The summed E-state index contributed by atoms with van der Waals surface area (Å²) in [5, 5.41) is 22.8. The van der Waals surface area contributed by atoms with E-state index >= 15 is 0 Å². The van der Waals surface area contributed by atoms with Gasteiger partial charge in [0, 0.05) is 6.42 Å². The molecular formula is C5H7NO4. The summed E-state index contributed by atoms with van der Waals surface area (Å²) in [6.07, 6.45) is -0.518. The van der Waals surface area contributed by atoms with Crippen LogP contribution in [0.1, 0.15) is 12.8 Å². The Morgan fingerprint density at radius 1 is 1.20 bits per heavy atom. The van der Waals surface area contributed by atoms with E-state index < -0.39 is 17.7 Å². The highest BCUT2D eigenvalue weighted by Gasteiger charge is 2.07. The Morgan fingerprint density at radius 3 is 2.00 bits per heavy atom. The van der Waals surface area contributed by atoms with Crippen molar-refractivity contribution in [2.75, 3.05) is 0 Å². The van der Waals surface area contributed by atoms with Gasteiger partial charge in [0.15, 0.2) is 0 Å². The van der Waals surface area contributed by atoms with Gasteiger partial charge in [-0.15, -0.1) is 0 Å². The number of hydrogen-bond acceptors (Lipinski definition) is 3. The third-order valence-electron chi connectivity index (χ3n) is 0.847. The van der Waals surface area contributed by atoms with Crippen molar-refractivity contribution in [3.63, 3.8) is 0 Å². The minimum atomic E-state index is -1.36. The number of carboxylic acids is 2. The van der Waals surface area contributed by atoms with Crippen molar-refractivity contribution in [1.29, 1.82) is 5.41 Å². The quantitative estimate of drug-likeness (QED) is 0.483. The number of carboxylic acid groups (broad SMARTS) is 2. The van der Waals surface area contributed by atoms with E-state index in [9.17, 15) is 9.59 Å². The number of hydrogen-bond donors (Lipinski definition) is 3. The fourth-order valence-corrected chi connectivity index (χ4v) is 0.339. The summed E-state index contributed by atoms with van der Waals surface area (Å²) in [7, 11) is 0. The van der Waals surface area contributed by atoms with E-state index in [-0.39, 0.29) is 12.8 Å². The Labute approximate surface area is 56.8 Å². The third kappa shape index (κ3) is 3.59. The monoisotopic (exact) mass is 145 g/mol. The molecule has 0 atom stereocenters. The Morgan fingerprint density at radius 2 is 1.70 bits per heavy atom. The number of nitrogens with one attached hydrogen (secondary N) is 1. The normalized spacial score (nSPS) is 8.80. The molecule has 0 saturated heterocycles. The lowest BCUT2D eigenvalue weighted by Gasteiger charge is -1.92. The van der Waals surface area contributed by atoms with Crippen LogP contribution < -0.4 is 0 Å². The molecule has 0 aromatic heterocycles. The van der Waals surface area contributed by atoms with Crippen LogP contribution in [-0.4, -0.2) is 27.9 Å². The van der Waals surface area contributed by atoms with Gasteiger partial charge in [0.25, 0.3) is 0 Å². The number of carbonyl (C=O) groups is 2. The second-order valence-electron chi connectivity index (χ2n) is 1.68. The maximum Gasteiger partial charge on any atom is 0.349 e. The van der Waals surface area contributed by atoms with E-state index in [0.29, 0.717) is 0 Å². The standard InChI is InChI=1S/C5H7NO4/c6-3(5(9)10)1-2-4(7)8/h6H,1-2H2,(H,7,8)(H,9,10). The zero-order valence-electron chi connectivity index (χ0n) is 5.13. The second kappa shape index (κ2) is 3.60. The van der Waals surface area contributed by atoms with Crippen molar-refractivity contribution in [3.8, 4) is 0 Å². The summed E-state index contributed by atoms with van der Waals surface area (Å²) in [5.41, 5.74) is -0.567. The molecule has 0 saturated carbocycles. The summed E-state index contributed by atoms with van der Waals surface area (Å²) in [6.45, 7) is 0. The molecule has 0 aliphatic rings. The predicted octanol–water partition coefficient (Wildman–Crippen LogP) is -0.0444. The molecular weight excluding hydrogens is 138 g/mol. The Bertz CT molecular complexity index is 174. The lowest BCUT2D eigenvalue weighted by Crippen LogP contribution is -2.12. The van der Waals surface area contributed by atoms with Crippen LogP contribution in [0.2, 0.25) is 0 Å². The van der Waals surface area contributed by atoms with E-state index in [0.717, 1.165) is 0 Å². The van der Waals surface area contributed by atoms with Crippen LogP contribution in [0.4, 0.5) is 0 Å². The molecule has 0 bridgehead atoms. The highest BCUT2D eigenvalue weighted by Crippen LogP contribution is 1.90. The fraction of sp³-hybridized carbons (Fsp3) is 0.400. The topological polar surface area (TPSA) is 98.5 Å². The molecule has 0 aromatic rings. The van der Waals surface area contributed by atoms with E-state index in [1.54, 1.807) is 0 Å². The summed E-state index contributed by atoms with van der Waals surface area (Å²) in [5.74, 6) is -2.45. The zero-order chi connectivity index (χ0) is 8.15. The smallest absolute Gasteiger partial charge is 0.349 e. The number of aliphatic carboxylic acids is 2. The largest absolute Gasteiger partial charge is 0.481 e. The molecule has 56 valence electrons. The average molecular weight is 145 g/mol. The first kappa shape index (κ1) is 8.61. The van der Waals surface area contributed by atoms with Gasteiger partial charge in [0.05, 0.1) is 6.42 Å². The van der Waals surface area contributed by atoms with Crippen molar-refractivity contribution in [2.45, 2.75) is 12.8 Å². The van der Waals surface area contributed by atoms with E-state index in [1.807, 2.05) is 0 Å². The van der Waals surface area contributed by atoms with Crippen LogP contribution in [0, 0.1) is 5.41 Å². The first-order valence-electron chi connectivity index (χ1n) is 2.56. The molecule has 0 unspecified atom stereocenters. The van der Waals surface area contributed by atoms with Crippen LogP contribution in [0.15, 0.2) is 0 Å². The van der Waals surface area contributed by atoms with Crippen LogP contribution in [0.3, 0.4) is 0 Å². The van der Waals surface area contributed by atoms with Crippen molar-refractivity contribution < 1.29 is 19.8 Å². The van der Waals surface area contributed by atoms with Gasteiger partial charge in [-0.05, 0) is 0 Å². The molecule has 0 amide bonds. The molecule has 0 radical (unpaired) electrons. The summed E-state index contributed by atoms with van der Waals surface area (Å²) in [6, 6.07) is 0. The van der Waals surface area contributed by atoms with E-state index in [2.05, 4.69) is 0 Å². The SMILES string of the molecule is N=C(CCC(=O)O)C(=O)O. The van der Waals surface area contributed by atoms with E-state index in [1.165, 1.54) is 0 Å². The molecule has 0 aliphatic heterocycles. The lowest BCUT2D eigenvalue weighted by atomic mass is 10.2. The van der Waals surface area contributed by atoms with Crippen LogP contribution in [0.25, 0.3) is 0 Å². The molecule has 0 rings (SSSR count). The molecule has 3 N–H and O–H groups in total. The minimum absolute atomic E-state index is 0.218. The van der Waals surface area contributed by atoms with Gasteiger partial charge in [-0.3, -0.25) is 10.2 Å². The molecule has 10 heavy (non-hydrogen) atoms. The molecule has 0 spiro atoms. The van der Waals surface area contributed by atoms with Crippen LogP contribution in [0.5, 0.6) is 0 Å². The van der Waals surface area contributed by atoms with Gasteiger partial charge in [0.2, 0.25) is 0 Å². The lowest BCUT2D eigenvalue weighted by molar-refractivity contribution is -0.136. The first-order valence-corrected chi connectivity index (χ1v) is 2.56. The van der Waals surface area contributed by atoms with Gasteiger partial charge in [-0.25, -0.2) is 4.79 Å². The molecule has 5 nitrogen and oxygen atoms in total. The highest BCUT2D eigenvalue weighted by atomic mass is 16.4. The molecule has 0 aromatic carbocycles. The Hall–Kier alpha value is -1.39. The molecule has 5 heteroatoms. The predicted molar refractivity (Wildman–Crippen MR) is 32.2 cm³/mol. The average Bonchev–Trinajstić information content (AvgIpc) is 1.82. The van der Waals surface area contributed by atoms with Gasteiger partial charge in [-0.1, -0.05) is 0 Å². The Balaban J connectivity index is 3.60. The zero-order valence-corrected chi connectivity index (χ0v) is 5.13. The maximum absolute atomic E-state index is 9.89. The summed E-state index contributed by atoms with van der Waals surface area (Å²) >= 11 is 0. The Kier molecular flexibility index (Phi) is 3.10. The van der Waals surface area contributed by atoms with Crippen molar-refractivity contribution in [2.24, 2.45) is 0 Å². The number of rotatable bonds is 4. The van der Waals surface area contributed by atoms with Gasteiger partial charge >= 0.3 is 11.9 Å². The molecule has 0 heterocycles. The minimum Gasteiger partial charge on any atom is -0.481 e. The van der Waals surface area contributed by atoms with Crippen molar-refractivity contribution in [1.82, 2.24) is 0 Å². The third-order valence-corrected chi connectivity index (χ3v) is 0.847. The highest BCUT2D eigenvalue weighted by molar-refractivity contribution is 6.34. The van der Waals surface area contributed by atoms with Gasteiger partial charge < -0.3 is 10.2 Å². The molecule has 0 fully saturated rings. The van der Waals surface area contributed by atoms with Crippen LogP contribution in [-0.2, 0) is 9.59 Å². The summed E-state index contributed by atoms with van der Waals surface area (Å²) in [4.78, 5) is 19.7. The fourth-order valence-electron chi connectivity index (χ4n) is 0.339. The van der Waals surface area contributed by atoms with Gasteiger partial charge in [-0.2, -0.15) is 0 Å². The second-order valence-corrected chi connectivity index (χ2v) is 1.68.